The van der Waals surface area contributed by atoms with Crippen molar-refractivity contribution in [3.63, 3.8) is 0 Å². The fraction of sp³-hybridized carbons (Fsp3) is 0. The van der Waals surface area contributed by atoms with Gasteiger partial charge < -0.3 is 9.13 Å². The lowest BCUT2D eigenvalue weighted by atomic mass is 10.1. The highest BCUT2D eigenvalue weighted by molar-refractivity contribution is 7.25. The van der Waals surface area contributed by atoms with E-state index in [1.165, 1.54) is 30.9 Å². The third-order valence-corrected chi connectivity index (χ3v) is 9.69. The van der Waals surface area contributed by atoms with Crippen LogP contribution in [-0.2, 0) is 0 Å². The molecule has 0 amide bonds. The van der Waals surface area contributed by atoms with Crippen LogP contribution >= 0.6 is 11.3 Å². The molecule has 0 spiro atoms. The second-order valence-corrected chi connectivity index (χ2v) is 11.9. The second kappa shape index (κ2) is 8.81. The maximum absolute atomic E-state index is 9.66. The lowest BCUT2D eigenvalue weighted by Gasteiger charge is -2.10. The van der Waals surface area contributed by atoms with Crippen molar-refractivity contribution in [3.05, 3.63) is 138 Å². The Kier molecular flexibility index (Phi) is 4.87. The van der Waals surface area contributed by atoms with Crippen LogP contribution in [0, 0.1) is 17.9 Å². The Bertz CT molecular complexity index is 2520. The van der Waals surface area contributed by atoms with Crippen molar-refractivity contribution in [3.8, 4) is 17.4 Å². The van der Waals surface area contributed by atoms with Crippen molar-refractivity contribution in [1.82, 2.24) is 9.13 Å². The summed E-state index contributed by atoms with van der Waals surface area (Å²) in [4.78, 5) is 3.71. The van der Waals surface area contributed by atoms with Crippen molar-refractivity contribution in [2.45, 2.75) is 0 Å². The molecular weight excluding hydrogens is 545 g/mol. The summed E-state index contributed by atoms with van der Waals surface area (Å²) in [5, 5.41) is 16.7. The molecule has 0 saturated carbocycles. The molecule has 3 aromatic heterocycles. The van der Waals surface area contributed by atoms with E-state index in [1.807, 2.05) is 24.3 Å². The maximum Gasteiger partial charge on any atom is 0.189 e. The minimum Gasteiger partial charge on any atom is -0.310 e. The number of hydrogen-bond acceptors (Lipinski definition) is 2. The molecule has 0 aliphatic heterocycles. The first-order chi connectivity index (χ1) is 21.2. The van der Waals surface area contributed by atoms with Crippen molar-refractivity contribution in [2.75, 3.05) is 0 Å². The van der Waals surface area contributed by atoms with Gasteiger partial charge in [-0.1, -0.05) is 54.6 Å². The Morgan fingerprint density at radius 1 is 0.535 bits per heavy atom. The van der Waals surface area contributed by atoms with Gasteiger partial charge in [0.25, 0.3) is 0 Å². The van der Waals surface area contributed by atoms with E-state index >= 15 is 0 Å². The van der Waals surface area contributed by atoms with E-state index in [0.29, 0.717) is 11.3 Å². The van der Waals surface area contributed by atoms with E-state index in [2.05, 4.69) is 117 Å². The van der Waals surface area contributed by atoms with Crippen LogP contribution in [0.25, 0.3) is 80.0 Å². The lowest BCUT2D eigenvalue weighted by molar-refractivity contribution is 1.18. The molecule has 0 aliphatic carbocycles. The number of thiophene rings is 1. The first-order valence-corrected chi connectivity index (χ1v) is 14.8. The summed E-state index contributed by atoms with van der Waals surface area (Å²) >= 11 is 1.80. The van der Waals surface area contributed by atoms with Gasteiger partial charge in [0.1, 0.15) is 0 Å². The topological polar surface area (TPSA) is 38.0 Å². The highest BCUT2D eigenvalue weighted by Gasteiger charge is 2.16. The molecule has 0 aliphatic rings. The van der Waals surface area contributed by atoms with Crippen molar-refractivity contribution in [1.29, 1.82) is 5.26 Å². The highest BCUT2D eigenvalue weighted by atomic mass is 32.1. The largest absolute Gasteiger partial charge is 0.310 e. The van der Waals surface area contributed by atoms with Crippen LogP contribution in [0.3, 0.4) is 0 Å². The third kappa shape index (κ3) is 3.35. The smallest absolute Gasteiger partial charge is 0.189 e. The van der Waals surface area contributed by atoms with Gasteiger partial charge >= 0.3 is 0 Å². The summed E-state index contributed by atoms with van der Waals surface area (Å²) in [6.07, 6.45) is 0. The first kappa shape index (κ1) is 23.8. The SMILES string of the molecule is [C-]#[N+]c1ccc2c3ccccc3n(-c3ccc4sc5ccc(-n6c7ccccc7c7ccc(C#N)cc76)cc5c4c3)c2c1. The number of rotatable bonds is 2. The number of para-hydroxylation sites is 2. The molecule has 0 fully saturated rings. The van der Waals surface area contributed by atoms with E-state index in [1.54, 1.807) is 11.3 Å². The van der Waals surface area contributed by atoms with Gasteiger partial charge in [0.15, 0.2) is 5.69 Å². The summed E-state index contributed by atoms with van der Waals surface area (Å²) < 4.78 is 7.01. The molecule has 43 heavy (non-hydrogen) atoms. The molecule has 9 aromatic rings. The first-order valence-electron chi connectivity index (χ1n) is 14.0. The number of aromatic nitrogens is 2. The van der Waals surface area contributed by atoms with Crippen LogP contribution in [0.1, 0.15) is 5.56 Å². The monoisotopic (exact) mass is 564 g/mol. The zero-order chi connectivity index (χ0) is 28.7. The molecule has 6 aromatic carbocycles. The van der Waals surface area contributed by atoms with Gasteiger partial charge in [0.2, 0.25) is 0 Å². The van der Waals surface area contributed by atoms with Crippen LogP contribution in [-0.4, -0.2) is 9.13 Å². The molecule has 5 heteroatoms. The predicted molar refractivity (Wildman–Crippen MR) is 179 cm³/mol. The van der Waals surface area contributed by atoms with Crippen LogP contribution in [0.15, 0.2) is 121 Å². The lowest BCUT2D eigenvalue weighted by Crippen LogP contribution is -1.94. The van der Waals surface area contributed by atoms with Crippen LogP contribution in [0.2, 0.25) is 0 Å². The van der Waals surface area contributed by atoms with Gasteiger partial charge in [-0.3, -0.25) is 0 Å². The summed E-state index contributed by atoms with van der Waals surface area (Å²) in [6.45, 7) is 7.61. The maximum atomic E-state index is 9.66. The van der Waals surface area contributed by atoms with Gasteiger partial charge in [-0.05, 0) is 66.7 Å². The van der Waals surface area contributed by atoms with E-state index in [-0.39, 0.29) is 0 Å². The Morgan fingerprint density at radius 3 is 1.65 bits per heavy atom. The van der Waals surface area contributed by atoms with Gasteiger partial charge in [-0.25, -0.2) is 4.85 Å². The summed E-state index contributed by atoms with van der Waals surface area (Å²) in [5.74, 6) is 0. The van der Waals surface area contributed by atoms with E-state index in [4.69, 9.17) is 6.57 Å². The minimum atomic E-state index is 0.633. The molecule has 198 valence electrons. The molecule has 0 bridgehead atoms. The fourth-order valence-corrected chi connectivity index (χ4v) is 7.72. The van der Waals surface area contributed by atoms with Crippen LogP contribution < -0.4 is 0 Å². The standard InChI is InChI=1S/C38H20N4S/c1-40-24-11-15-30-28-7-3-5-9-34(28)42(36(30)19-24)26-13-17-38-32(21-26)31-20-25(12-16-37(31)43-38)41-33-8-4-2-6-27(33)29-14-10-23(22-39)18-35(29)41/h2-21H. The Labute approximate surface area is 250 Å². The van der Waals surface area contributed by atoms with Gasteiger partial charge in [0.05, 0.1) is 34.8 Å². The van der Waals surface area contributed by atoms with Gasteiger partial charge in [0, 0.05) is 58.6 Å². The van der Waals surface area contributed by atoms with Gasteiger partial charge in [-0.2, -0.15) is 5.26 Å². The van der Waals surface area contributed by atoms with E-state index in [9.17, 15) is 5.26 Å². The molecule has 0 N–H and O–H groups in total. The Balaban J connectivity index is 1.32. The number of nitrogens with zero attached hydrogens (tertiary/aromatic N) is 4. The third-order valence-electron chi connectivity index (χ3n) is 8.54. The molecule has 0 radical (unpaired) electrons. The summed E-state index contributed by atoms with van der Waals surface area (Å²) in [6, 6.07) is 44.5. The number of hydrogen-bond donors (Lipinski definition) is 0. The summed E-state index contributed by atoms with van der Waals surface area (Å²) in [5.41, 5.74) is 7.73. The zero-order valence-corrected chi connectivity index (χ0v) is 23.6. The molecule has 0 saturated heterocycles. The number of fused-ring (bicyclic) bond motifs is 9. The second-order valence-electron chi connectivity index (χ2n) is 10.8. The van der Waals surface area contributed by atoms with Crippen LogP contribution in [0.4, 0.5) is 5.69 Å². The van der Waals surface area contributed by atoms with E-state index < -0.39 is 0 Å². The van der Waals surface area contributed by atoms with Gasteiger partial charge in [-0.15, -0.1) is 11.3 Å². The highest BCUT2D eigenvalue weighted by Crippen LogP contribution is 2.40. The summed E-state index contributed by atoms with van der Waals surface area (Å²) in [7, 11) is 0. The molecule has 4 nitrogen and oxygen atoms in total. The number of benzene rings is 6. The predicted octanol–water partition coefficient (Wildman–Crippen LogP) is 10.7. The minimum absolute atomic E-state index is 0.633. The molecule has 3 heterocycles. The van der Waals surface area contributed by atoms with Crippen molar-refractivity contribution >= 4 is 80.8 Å². The molecule has 9 rings (SSSR count). The normalized spacial score (nSPS) is 11.7. The van der Waals surface area contributed by atoms with Crippen LogP contribution in [0.5, 0.6) is 0 Å². The zero-order valence-electron chi connectivity index (χ0n) is 22.7. The Hall–Kier alpha value is -5.88. The average molecular weight is 565 g/mol. The average Bonchev–Trinajstić information content (AvgIpc) is 3.70. The molecule has 0 atom stereocenters. The number of nitriles is 1. The quantitative estimate of drug-likeness (QED) is 0.192. The fourth-order valence-electron chi connectivity index (χ4n) is 6.66. The van der Waals surface area contributed by atoms with Crippen molar-refractivity contribution in [2.24, 2.45) is 0 Å². The molecule has 0 unspecified atom stereocenters. The molecular formula is C38H20N4S. The van der Waals surface area contributed by atoms with E-state index in [0.717, 1.165) is 44.2 Å². The Morgan fingerprint density at radius 2 is 1.07 bits per heavy atom. The van der Waals surface area contributed by atoms with Crippen molar-refractivity contribution < 1.29 is 0 Å².